The third-order valence-electron chi connectivity index (χ3n) is 3.07. The monoisotopic (exact) mass is 301 g/mol. The van der Waals surface area contributed by atoms with Crippen LogP contribution in [0.2, 0.25) is 0 Å². The number of aromatic nitrogens is 2. The molecule has 1 saturated carbocycles. The van der Waals surface area contributed by atoms with E-state index in [9.17, 15) is 4.79 Å². The Labute approximate surface area is 126 Å². The van der Waals surface area contributed by atoms with Crippen molar-refractivity contribution in [2.75, 3.05) is 11.9 Å². The Balaban J connectivity index is 1.62. The smallest absolute Gasteiger partial charge is 0.257 e. The van der Waals surface area contributed by atoms with Gasteiger partial charge in [-0.15, -0.1) is 10.2 Å². The molecule has 0 atom stereocenters. The minimum Gasteiger partial charge on any atom is -0.490 e. The van der Waals surface area contributed by atoms with Crippen LogP contribution >= 0.6 is 11.3 Å². The molecule has 0 aliphatic heterocycles. The van der Waals surface area contributed by atoms with Gasteiger partial charge in [0.2, 0.25) is 5.13 Å². The first-order valence-corrected chi connectivity index (χ1v) is 7.56. The summed E-state index contributed by atoms with van der Waals surface area (Å²) in [6, 6.07) is 6.95. The zero-order chi connectivity index (χ0) is 14.7. The molecular weight excluding hydrogens is 286 g/mol. The van der Waals surface area contributed by atoms with Gasteiger partial charge < -0.3 is 4.74 Å². The number of hydrogen-bond acceptors (Lipinski definition) is 5. The second-order valence-electron chi connectivity index (χ2n) is 4.80. The fourth-order valence-corrected chi connectivity index (χ4v) is 2.71. The van der Waals surface area contributed by atoms with Crippen LogP contribution in [0.25, 0.3) is 0 Å². The van der Waals surface area contributed by atoms with Gasteiger partial charge in [0, 0.05) is 11.5 Å². The van der Waals surface area contributed by atoms with Crippen molar-refractivity contribution in [1.82, 2.24) is 10.2 Å². The van der Waals surface area contributed by atoms with E-state index in [1.54, 1.807) is 30.3 Å². The number of carbonyl (C=O) groups excluding carboxylic acids is 1. The first kappa shape index (κ1) is 13.8. The lowest BCUT2D eigenvalue weighted by Crippen LogP contribution is -2.11. The first-order chi connectivity index (χ1) is 10.3. The molecule has 5 nitrogen and oxygen atoms in total. The molecule has 1 aromatic carbocycles. The van der Waals surface area contributed by atoms with Crippen LogP contribution in [0.4, 0.5) is 5.13 Å². The Morgan fingerprint density at radius 3 is 2.81 bits per heavy atom. The molecule has 6 heteroatoms. The van der Waals surface area contributed by atoms with Crippen LogP contribution in [0.15, 0.2) is 36.9 Å². The zero-order valence-corrected chi connectivity index (χ0v) is 12.2. The molecule has 1 fully saturated rings. The van der Waals surface area contributed by atoms with Gasteiger partial charge in [0.1, 0.15) is 17.4 Å². The van der Waals surface area contributed by atoms with Crippen LogP contribution in [0.5, 0.6) is 5.75 Å². The van der Waals surface area contributed by atoms with E-state index in [0.29, 0.717) is 29.0 Å². The molecule has 1 aliphatic rings. The molecule has 2 aromatic rings. The average Bonchev–Trinajstić information content (AvgIpc) is 3.26. The van der Waals surface area contributed by atoms with E-state index in [4.69, 9.17) is 4.74 Å². The molecule has 1 aromatic heterocycles. The van der Waals surface area contributed by atoms with Crippen LogP contribution in [-0.2, 0) is 0 Å². The van der Waals surface area contributed by atoms with Gasteiger partial charge in [-0.25, -0.2) is 0 Å². The van der Waals surface area contributed by atoms with Crippen molar-refractivity contribution < 1.29 is 9.53 Å². The maximum absolute atomic E-state index is 12.1. The van der Waals surface area contributed by atoms with E-state index in [1.807, 2.05) is 0 Å². The molecule has 0 saturated heterocycles. The number of hydrogen-bond donors (Lipinski definition) is 1. The molecule has 0 bridgehead atoms. The minimum atomic E-state index is -0.191. The SMILES string of the molecule is C=CCOc1ccc(C(=O)Nc2nnc(C3CC3)s2)cc1. The van der Waals surface area contributed by atoms with Gasteiger partial charge in [0.05, 0.1) is 0 Å². The largest absolute Gasteiger partial charge is 0.490 e. The molecular formula is C15H15N3O2S. The third-order valence-corrected chi connectivity index (χ3v) is 4.07. The summed E-state index contributed by atoms with van der Waals surface area (Å²) in [5, 5.41) is 12.4. The Morgan fingerprint density at radius 2 is 2.14 bits per heavy atom. The average molecular weight is 301 g/mol. The van der Waals surface area contributed by atoms with Crippen LogP contribution in [0.3, 0.4) is 0 Å². The van der Waals surface area contributed by atoms with Crippen LogP contribution in [-0.4, -0.2) is 22.7 Å². The molecule has 1 heterocycles. The van der Waals surface area contributed by atoms with Crippen LogP contribution in [0.1, 0.15) is 34.1 Å². The van der Waals surface area contributed by atoms with Crippen molar-refractivity contribution in [1.29, 1.82) is 0 Å². The van der Waals surface area contributed by atoms with Crippen molar-refractivity contribution >= 4 is 22.4 Å². The van der Waals surface area contributed by atoms with E-state index in [1.165, 1.54) is 24.2 Å². The Hall–Kier alpha value is -2.21. The maximum Gasteiger partial charge on any atom is 0.257 e. The highest BCUT2D eigenvalue weighted by Gasteiger charge is 2.27. The van der Waals surface area contributed by atoms with Crippen molar-refractivity contribution in [3.63, 3.8) is 0 Å². The molecule has 0 radical (unpaired) electrons. The lowest BCUT2D eigenvalue weighted by molar-refractivity contribution is 0.102. The van der Waals surface area contributed by atoms with Crippen LogP contribution < -0.4 is 10.1 Å². The predicted molar refractivity (Wildman–Crippen MR) is 82.0 cm³/mol. The molecule has 21 heavy (non-hydrogen) atoms. The molecule has 0 unspecified atom stereocenters. The second kappa shape index (κ2) is 6.05. The molecule has 1 aliphatic carbocycles. The Bertz CT molecular complexity index is 647. The summed E-state index contributed by atoms with van der Waals surface area (Å²) in [5.41, 5.74) is 0.559. The van der Waals surface area contributed by atoms with E-state index < -0.39 is 0 Å². The standard InChI is InChI=1S/C15H15N3O2S/c1-2-9-20-12-7-5-10(6-8-12)13(19)16-15-18-17-14(21-15)11-3-4-11/h2,5-8,11H,1,3-4,9H2,(H,16,18,19). The molecule has 108 valence electrons. The van der Waals surface area contributed by atoms with Gasteiger partial charge in [-0.1, -0.05) is 24.0 Å². The number of benzene rings is 1. The minimum absolute atomic E-state index is 0.191. The van der Waals surface area contributed by atoms with Gasteiger partial charge in [-0.2, -0.15) is 0 Å². The van der Waals surface area contributed by atoms with Gasteiger partial charge in [0.15, 0.2) is 0 Å². The highest BCUT2D eigenvalue weighted by atomic mass is 32.1. The number of amides is 1. The number of ether oxygens (including phenoxy) is 1. The van der Waals surface area contributed by atoms with Gasteiger partial charge >= 0.3 is 0 Å². The molecule has 0 spiro atoms. The Kier molecular flexibility index (Phi) is 3.96. The van der Waals surface area contributed by atoms with E-state index in [2.05, 4.69) is 22.1 Å². The Morgan fingerprint density at radius 1 is 1.38 bits per heavy atom. The molecule has 1 N–H and O–H groups in total. The first-order valence-electron chi connectivity index (χ1n) is 6.75. The number of nitrogens with zero attached hydrogens (tertiary/aromatic N) is 2. The van der Waals surface area contributed by atoms with Gasteiger partial charge in [-0.3, -0.25) is 10.1 Å². The summed E-state index contributed by atoms with van der Waals surface area (Å²) >= 11 is 1.45. The topological polar surface area (TPSA) is 64.1 Å². The highest BCUT2D eigenvalue weighted by Crippen LogP contribution is 2.42. The van der Waals surface area contributed by atoms with E-state index in [0.717, 1.165) is 5.01 Å². The van der Waals surface area contributed by atoms with Crippen molar-refractivity contribution in [2.45, 2.75) is 18.8 Å². The summed E-state index contributed by atoms with van der Waals surface area (Å²) in [7, 11) is 0. The van der Waals surface area contributed by atoms with Gasteiger partial charge in [-0.05, 0) is 37.1 Å². The zero-order valence-electron chi connectivity index (χ0n) is 11.4. The van der Waals surface area contributed by atoms with Crippen molar-refractivity contribution in [3.05, 3.63) is 47.5 Å². The fourth-order valence-electron chi connectivity index (χ4n) is 1.81. The summed E-state index contributed by atoms with van der Waals surface area (Å²) in [6.45, 7) is 4.03. The summed E-state index contributed by atoms with van der Waals surface area (Å²) in [6.07, 6.45) is 4.02. The predicted octanol–water partition coefficient (Wildman–Crippen LogP) is 3.23. The number of nitrogens with one attached hydrogen (secondary N) is 1. The summed E-state index contributed by atoms with van der Waals surface area (Å²) in [4.78, 5) is 12.1. The lowest BCUT2D eigenvalue weighted by atomic mass is 10.2. The van der Waals surface area contributed by atoms with Crippen LogP contribution in [0, 0.1) is 0 Å². The quantitative estimate of drug-likeness (QED) is 0.832. The van der Waals surface area contributed by atoms with E-state index in [-0.39, 0.29) is 5.91 Å². The van der Waals surface area contributed by atoms with Crippen molar-refractivity contribution in [3.8, 4) is 5.75 Å². The van der Waals surface area contributed by atoms with E-state index >= 15 is 0 Å². The maximum atomic E-state index is 12.1. The van der Waals surface area contributed by atoms with Crippen molar-refractivity contribution in [2.24, 2.45) is 0 Å². The summed E-state index contributed by atoms with van der Waals surface area (Å²) < 4.78 is 5.37. The normalized spacial score (nSPS) is 13.7. The molecule has 1 amide bonds. The number of carbonyl (C=O) groups is 1. The lowest BCUT2D eigenvalue weighted by Gasteiger charge is -2.04. The second-order valence-corrected chi connectivity index (χ2v) is 5.81. The fraction of sp³-hybridized carbons (Fsp3) is 0.267. The molecule has 3 rings (SSSR count). The number of anilines is 1. The third kappa shape index (κ3) is 3.46. The highest BCUT2D eigenvalue weighted by molar-refractivity contribution is 7.15. The summed E-state index contributed by atoms with van der Waals surface area (Å²) in [5.74, 6) is 1.07. The van der Waals surface area contributed by atoms with Gasteiger partial charge in [0.25, 0.3) is 5.91 Å². The number of rotatable bonds is 6.